The number of aliphatic carboxylic acids is 1. The van der Waals surface area contributed by atoms with Crippen molar-refractivity contribution in [1.82, 2.24) is 5.32 Å². The van der Waals surface area contributed by atoms with Gasteiger partial charge in [-0.2, -0.15) is 5.26 Å². The largest absolute Gasteiger partial charge is 0.480 e. The Morgan fingerprint density at radius 2 is 1.93 bits per heavy atom. The first-order valence-electron chi connectivity index (χ1n) is 9.49. The predicted octanol–water partition coefficient (Wildman–Crippen LogP) is 3.28. The Labute approximate surface area is 167 Å². The highest BCUT2D eigenvalue weighted by atomic mass is 16.4. The van der Waals surface area contributed by atoms with E-state index in [0.29, 0.717) is 6.42 Å². The molecule has 0 aliphatic carbocycles. The van der Waals surface area contributed by atoms with Crippen molar-refractivity contribution in [3.8, 4) is 6.07 Å². The number of carboxylic acids is 1. The number of carbonyl (C=O) groups excluding carboxylic acids is 1. The van der Waals surface area contributed by atoms with Gasteiger partial charge in [0.05, 0.1) is 0 Å². The molecule has 28 heavy (non-hydrogen) atoms. The molecule has 1 atom stereocenters. The van der Waals surface area contributed by atoms with Gasteiger partial charge in [0, 0.05) is 30.7 Å². The van der Waals surface area contributed by atoms with Gasteiger partial charge in [-0.05, 0) is 56.9 Å². The van der Waals surface area contributed by atoms with Gasteiger partial charge >= 0.3 is 5.97 Å². The van der Waals surface area contributed by atoms with Crippen molar-refractivity contribution in [2.24, 2.45) is 5.92 Å². The summed E-state index contributed by atoms with van der Waals surface area (Å²) in [5.41, 5.74) is 2.67. The number of nitrogens with zero attached hydrogens (tertiary/aromatic N) is 2. The van der Waals surface area contributed by atoms with Gasteiger partial charge in [0.1, 0.15) is 17.7 Å². The van der Waals surface area contributed by atoms with Gasteiger partial charge in [-0.3, -0.25) is 4.79 Å². The van der Waals surface area contributed by atoms with Crippen molar-refractivity contribution in [3.05, 3.63) is 35.5 Å². The first-order chi connectivity index (χ1) is 13.2. The molecule has 1 rings (SSSR count). The summed E-state index contributed by atoms with van der Waals surface area (Å²) in [6, 6.07) is 6.71. The summed E-state index contributed by atoms with van der Waals surface area (Å²) in [4.78, 5) is 25.8. The molecule has 0 aliphatic rings. The van der Waals surface area contributed by atoms with E-state index in [9.17, 15) is 20.0 Å². The third-order valence-electron chi connectivity index (χ3n) is 4.39. The molecule has 1 amide bonds. The minimum Gasteiger partial charge on any atom is -0.480 e. The summed E-state index contributed by atoms with van der Waals surface area (Å²) in [7, 11) is 0. The Morgan fingerprint density at radius 3 is 2.39 bits per heavy atom. The number of nitriles is 1. The lowest BCUT2D eigenvalue weighted by atomic mass is 10.0. The smallest absolute Gasteiger partial charge is 0.326 e. The first-order valence-corrected chi connectivity index (χ1v) is 9.49. The number of carbonyl (C=O) groups is 2. The molecule has 0 fully saturated rings. The van der Waals surface area contributed by atoms with Crippen LogP contribution in [0.15, 0.2) is 30.0 Å². The molecular weight excluding hydrogens is 356 g/mol. The van der Waals surface area contributed by atoms with Gasteiger partial charge in [-0.1, -0.05) is 13.8 Å². The molecule has 0 heterocycles. The molecular formula is C21H30N4O3. The number of aryl methyl sites for hydroxylation is 1. The van der Waals surface area contributed by atoms with Crippen LogP contribution < -0.4 is 15.5 Å². The van der Waals surface area contributed by atoms with Gasteiger partial charge in [-0.25, -0.2) is 4.79 Å². The summed E-state index contributed by atoms with van der Waals surface area (Å²) in [5.74, 6) is -1.73. The Bertz CT molecular complexity index is 761. The van der Waals surface area contributed by atoms with E-state index in [1.165, 1.54) is 6.20 Å². The number of carboxylic acid groups (broad SMARTS) is 1. The van der Waals surface area contributed by atoms with Gasteiger partial charge in [-0.15, -0.1) is 0 Å². The molecule has 1 aromatic rings. The summed E-state index contributed by atoms with van der Waals surface area (Å²) in [6.45, 7) is 11.7. The fourth-order valence-electron chi connectivity index (χ4n) is 2.82. The Kier molecular flexibility index (Phi) is 9.03. The number of nitrogens with one attached hydrogen (secondary N) is 2. The number of benzene rings is 1. The SMILES string of the molecule is CCN(CC)c1ccc(N/C=C(/C#N)C(=O)NC(CC(C)C)C(=O)O)c(C)c1. The van der Waals surface area contributed by atoms with E-state index in [4.69, 9.17) is 0 Å². The molecule has 1 aromatic carbocycles. The zero-order valence-corrected chi connectivity index (χ0v) is 17.2. The highest BCUT2D eigenvalue weighted by Gasteiger charge is 2.22. The van der Waals surface area contributed by atoms with E-state index in [1.54, 1.807) is 0 Å². The van der Waals surface area contributed by atoms with E-state index in [-0.39, 0.29) is 11.5 Å². The molecule has 0 aromatic heterocycles. The predicted molar refractivity (Wildman–Crippen MR) is 111 cm³/mol. The molecule has 7 nitrogen and oxygen atoms in total. The van der Waals surface area contributed by atoms with Crippen molar-refractivity contribution < 1.29 is 14.7 Å². The Balaban J connectivity index is 2.92. The average Bonchev–Trinajstić information content (AvgIpc) is 2.63. The van der Waals surface area contributed by atoms with Crippen LogP contribution in [0.2, 0.25) is 0 Å². The fraction of sp³-hybridized carbons (Fsp3) is 0.476. The first kappa shape index (κ1) is 23.0. The van der Waals surface area contributed by atoms with Crippen LogP contribution in [0, 0.1) is 24.2 Å². The van der Waals surface area contributed by atoms with Gasteiger partial charge in [0.2, 0.25) is 0 Å². The van der Waals surface area contributed by atoms with Crippen LogP contribution in [-0.2, 0) is 9.59 Å². The van der Waals surface area contributed by atoms with Crippen LogP contribution >= 0.6 is 0 Å². The van der Waals surface area contributed by atoms with Crippen molar-refractivity contribution in [2.45, 2.75) is 47.1 Å². The maximum atomic E-state index is 12.3. The number of anilines is 2. The van der Waals surface area contributed by atoms with Crippen LogP contribution in [0.1, 0.15) is 39.7 Å². The molecule has 0 spiro atoms. The van der Waals surface area contributed by atoms with E-state index in [1.807, 2.05) is 45.0 Å². The van der Waals surface area contributed by atoms with Crippen molar-refractivity contribution in [2.75, 3.05) is 23.3 Å². The van der Waals surface area contributed by atoms with Crippen molar-refractivity contribution >= 4 is 23.3 Å². The van der Waals surface area contributed by atoms with Gasteiger partial charge < -0.3 is 20.6 Å². The lowest BCUT2D eigenvalue weighted by Gasteiger charge is -2.22. The van der Waals surface area contributed by atoms with Crippen LogP contribution in [-0.4, -0.2) is 36.1 Å². The quantitative estimate of drug-likeness (QED) is 0.421. The van der Waals surface area contributed by atoms with Crippen LogP contribution in [0.5, 0.6) is 0 Å². The highest BCUT2D eigenvalue weighted by molar-refractivity contribution is 5.99. The second-order valence-electron chi connectivity index (χ2n) is 6.98. The topological polar surface area (TPSA) is 105 Å². The van der Waals surface area contributed by atoms with Crippen molar-refractivity contribution in [3.63, 3.8) is 0 Å². The van der Waals surface area contributed by atoms with Crippen LogP contribution in [0.3, 0.4) is 0 Å². The van der Waals surface area contributed by atoms with E-state index >= 15 is 0 Å². The maximum absolute atomic E-state index is 12.3. The van der Waals surface area contributed by atoms with Gasteiger partial charge in [0.15, 0.2) is 0 Å². The molecule has 7 heteroatoms. The lowest BCUT2D eigenvalue weighted by Crippen LogP contribution is -2.42. The van der Waals surface area contributed by atoms with Crippen LogP contribution in [0.25, 0.3) is 0 Å². The van der Waals surface area contributed by atoms with Crippen molar-refractivity contribution in [1.29, 1.82) is 5.26 Å². The van der Waals surface area contributed by atoms with E-state index in [0.717, 1.165) is 30.0 Å². The Morgan fingerprint density at radius 1 is 1.29 bits per heavy atom. The third-order valence-corrected chi connectivity index (χ3v) is 4.39. The fourth-order valence-corrected chi connectivity index (χ4v) is 2.82. The molecule has 1 unspecified atom stereocenters. The number of amides is 1. The standard InChI is InChI=1S/C21H30N4O3/c1-6-25(7-2)17-8-9-18(15(5)11-17)23-13-16(12-22)20(26)24-19(21(27)28)10-14(3)4/h8-9,11,13-14,19,23H,6-7,10H2,1-5H3,(H,24,26)(H,27,28)/b16-13-. The minimum absolute atomic E-state index is 0.0982. The molecule has 0 aliphatic heterocycles. The minimum atomic E-state index is -1.12. The lowest BCUT2D eigenvalue weighted by molar-refractivity contribution is -0.141. The molecule has 3 N–H and O–H groups in total. The van der Waals surface area contributed by atoms with E-state index in [2.05, 4.69) is 29.4 Å². The highest BCUT2D eigenvalue weighted by Crippen LogP contribution is 2.23. The second kappa shape index (κ2) is 11.0. The molecule has 0 bridgehead atoms. The summed E-state index contributed by atoms with van der Waals surface area (Å²) in [5, 5.41) is 23.9. The maximum Gasteiger partial charge on any atom is 0.326 e. The second-order valence-corrected chi connectivity index (χ2v) is 6.98. The number of hydrogen-bond donors (Lipinski definition) is 3. The molecule has 0 radical (unpaired) electrons. The summed E-state index contributed by atoms with van der Waals surface area (Å²) < 4.78 is 0. The summed E-state index contributed by atoms with van der Waals surface area (Å²) in [6.07, 6.45) is 1.60. The third kappa shape index (κ3) is 6.62. The number of rotatable bonds is 10. The van der Waals surface area contributed by atoms with E-state index < -0.39 is 17.9 Å². The molecule has 0 saturated heterocycles. The summed E-state index contributed by atoms with van der Waals surface area (Å²) >= 11 is 0. The average molecular weight is 386 g/mol. The molecule has 0 saturated carbocycles. The van der Waals surface area contributed by atoms with Crippen LogP contribution in [0.4, 0.5) is 11.4 Å². The van der Waals surface area contributed by atoms with Gasteiger partial charge in [0.25, 0.3) is 5.91 Å². The number of hydrogen-bond acceptors (Lipinski definition) is 5. The molecule has 152 valence electrons. The normalized spacial score (nSPS) is 12.2. The zero-order valence-electron chi connectivity index (χ0n) is 17.2. The monoisotopic (exact) mass is 386 g/mol. The zero-order chi connectivity index (χ0) is 21.3. The Hall–Kier alpha value is -3.01.